The minimum atomic E-state index is -4.62. The summed E-state index contributed by atoms with van der Waals surface area (Å²) in [7, 11) is -2.36. The number of aromatic nitrogens is 3. The number of nitrogens with one attached hydrogen (secondary N) is 3. The Hall–Kier alpha value is -5.02. The van der Waals surface area contributed by atoms with Crippen LogP contribution in [0.25, 0.3) is 0 Å². The number of aryl methyl sites for hydroxylation is 2. The fourth-order valence-corrected chi connectivity index (χ4v) is 6.28. The van der Waals surface area contributed by atoms with Gasteiger partial charge in [0.25, 0.3) is 11.6 Å². The molecule has 1 aromatic heterocycles. The van der Waals surface area contributed by atoms with Crippen molar-refractivity contribution in [1.29, 1.82) is 0 Å². The molecule has 0 aliphatic carbocycles. The van der Waals surface area contributed by atoms with Gasteiger partial charge in [0.1, 0.15) is 22.9 Å². The summed E-state index contributed by atoms with van der Waals surface area (Å²) >= 11 is 17.3. The Morgan fingerprint density at radius 1 is 1.00 bits per heavy atom. The molecule has 3 N–H and O–H groups in total. The predicted octanol–water partition coefficient (Wildman–Crippen LogP) is 9.08. The van der Waals surface area contributed by atoms with Crippen LogP contribution in [0, 0.1) is 17.0 Å². The maximum atomic E-state index is 12.7. The summed E-state index contributed by atoms with van der Waals surface area (Å²) in [5, 5.41) is 17.0. The largest absolute Gasteiger partial charge is 0.456 e. The summed E-state index contributed by atoms with van der Waals surface area (Å²) in [6, 6.07) is 11.1. The Kier molecular flexibility index (Phi) is 20.1. The standard InChI is InChI=1S/C15H10ClF3N2O6S.C15H22ClNO2.C9H16ClN5/c1-28(25,26)20-14(22)10-7-9(3-4-12(10)21(23)24)27-13-5-2-8(6-11(13)16)15(17,18)19;1-5-13-8-6-7-11(2)15(13)17(14(18)9-16)12(3)10-19-4;1-5-11-7-12-6(10)13-8(14-7)15-9(2,3)4/h2-7H,1H3,(H,20,22);6-8,12H,5,9-10H2,1-4H3;5H2,1-4H3,(H2,11,12,13,14,15). The first-order valence-corrected chi connectivity index (χ1v) is 21.7. The van der Waals surface area contributed by atoms with E-state index in [-0.39, 0.29) is 40.2 Å². The van der Waals surface area contributed by atoms with Crippen molar-refractivity contribution in [3.8, 4) is 11.5 Å². The van der Waals surface area contributed by atoms with Gasteiger partial charge >= 0.3 is 6.18 Å². The quantitative estimate of drug-likeness (QED) is 0.0613. The lowest BCUT2D eigenvalue weighted by molar-refractivity contribution is -0.385. The third-order valence-electron chi connectivity index (χ3n) is 7.78. The smallest absolute Gasteiger partial charge is 0.416 e. The van der Waals surface area contributed by atoms with Crippen LogP contribution in [0.3, 0.4) is 0 Å². The van der Waals surface area contributed by atoms with Crippen LogP contribution in [-0.2, 0) is 32.2 Å². The topological polar surface area (TPSA) is 208 Å². The van der Waals surface area contributed by atoms with E-state index in [0.29, 0.717) is 36.9 Å². The number of alkyl halides is 4. The second-order valence-corrected chi connectivity index (χ2v) is 16.9. The van der Waals surface area contributed by atoms with Gasteiger partial charge in [-0.1, -0.05) is 36.7 Å². The molecule has 1 atom stereocenters. The number of sulfonamides is 1. The number of hydrogen-bond acceptors (Lipinski definition) is 13. The monoisotopic (exact) mass is 950 g/mol. The lowest BCUT2D eigenvalue weighted by Crippen LogP contribution is -2.43. The van der Waals surface area contributed by atoms with Gasteiger partial charge in [-0.3, -0.25) is 19.7 Å². The molecule has 3 aromatic carbocycles. The average molecular weight is 952 g/mol. The molecule has 4 aromatic rings. The van der Waals surface area contributed by atoms with E-state index in [1.807, 2.05) is 53.7 Å². The minimum Gasteiger partial charge on any atom is -0.456 e. The van der Waals surface area contributed by atoms with Crippen molar-refractivity contribution in [2.75, 3.05) is 47.9 Å². The van der Waals surface area contributed by atoms with Crippen LogP contribution in [0.5, 0.6) is 11.5 Å². The summed E-state index contributed by atoms with van der Waals surface area (Å²) in [6.45, 7) is 15.3. The van der Waals surface area contributed by atoms with Crippen LogP contribution < -0.4 is 25.0 Å². The molecule has 16 nitrogen and oxygen atoms in total. The number of para-hydroxylation sites is 1. The Morgan fingerprint density at radius 2 is 1.65 bits per heavy atom. The molecule has 23 heteroatoms. The zero-order valence-electron chi connectivity index (χ0n) is 35.3. The minimum absolute atomic E-state index is 0.0223. The van der Waals surface area contributed by atoms with Crippen molar-refractivity contribution in [3.05, 3.63) is 97.3 Å². The number of ether oxygens (including phenoxy) is 2. The Bertz CT molecular complexity index is 2300. The SMILES string of the molecule is CCNc1nc(Cl)nc(NC(C)(C)C)n1.CCc1cccc(C)c1N(C(=O)CCl)C(C)COC.CS(=O)(=O)NC(=O)c1cc(Oc2ccc(C(F)(F)F)cc2Cl)ccc1[N+](=O)[O-]. The molecule has 0 fully saturated rings. The number of nitrogens with zero attached hydrogens (tertiary/aromatic N) is 5. The molecule has 62 heavy (non-hydrogen) atoms. The molecule has 0 radical (unpaired) electrons. The number of anilines is 3. The number of carbonyl (C=O) groups excluding carboxylic acids is 2. The van der Waals surface area contributed by atoms with Crippen molar-refractivity contribution in [2.24, 2.45) is 0 Å². The number of rotatable bonds is 14. The summed E-state index contributed by atoms with van der Waals surface area (Å²) < 4.78 is 72.4. The number of carbonyl (C=O) groups is 2. The third kappa shape index (κ3) is 17.0. The molecular weight excluding hydrogens is 904 g/mol. The summed E-state index contributed by atoms with van der Waals surface area (Å²) in [5.74, 6) is -0.814. The van der Waals surface area contributed by atoms with Crippen molar-refractivity contribution in [3.63, 3.8) is 0 Å². The number of nitro benzene ring substituents is 1. The highest BCUT2D eigenvalue weighted by molar-refractivity contribution is 7.89. The van der Waals surface area contributed by atoms with Crippen LogP contribution >= 0.6 is 34.8 Å². The fourth-order valence-electron chi connectivity index (χ4n) is 5.33. The molecule has 1 unspecified atom stereocenters. The van der Waals surface area contributed by atoms with E-state index in [1.54, 1.807) is 16.7 Å². The molecule has 0 spiro atoms. The lowest BCUT2D eigenvalue weighted by Gasteiger charge is -2.31. The normalized spacial score (nSPS) is 11.8. The maximum Gasteiger partial charge on any atom is 0.416 e. The third-order valence-corrected chi connectivity index (χ3v) is 9.03. The van der Waals surface area contributed by atoms with Gasteiger partial charge in [-0.25, -0.2) is 13.1 Å². The van der Waals surface area contributed by atoms with Gasteiger partial charge in [-0.15, -0.1) is 11.6 Å². The molecule has 0 saturated carbocycles. The van der Waals surface area contributed by atoms with E-state index >= 15 is 0 Å². The highest BCUT2D eigenvalue weighted by Crippen LogP contribution is 2.37. The fraction of sp³-hybridized carbons (Fsp3) is 0.410. The second-order valence-electron chi connectivity index (χ2n) is 14.2. The zero-order chi connectivity index (χ0) is 47.2. The highest BCUT2D eigenvalue weighted by Gasteiger charge is 2.31. The van der Waals surface area contributed by atoms with Crippen LogP contribution in [0.2, 0.25) is 10.3 Å². The van der Waals surface area contributed by atoms with Crippen LogP contribution in [-0.4, -0.2) is 84.1 Å². The van der Waals surface area contributed by atoms with Crippen molar-refractivity contribution in [1.82, 2.24) is 19.7 Å². The average Bonchev–Trinajstić information content (AvgIpc) is 3.15. The number of halogens is 6. The first-order chi connectivity index (χ1) is 28.7. The zero-order valence-corrected chi connectivity index (χ0v) is 38.4. The summed E-state index contributed by atoms with van der Waals surface area (Å²) in [5.41, 5.74) is 0.765. The van der Waals surface area contributed by atoms with E-state index in [0.717, 1.165) is 54.0 Å². The van der Waals surface area contributed by atoms with Crippen molar-refractivity contribution in [2.45, 2.75) is 72.6 Å². The van der Waals surface area contributed by atoms with Gasteiger partial charge in [0.15, 0.2) is 0 Å². The molecule has 1 heterocycles. The molecule has 2 amide bonds. The molecule has 0 aliphatic rings. The Morgan fingerprint density at radius 3 is 2.16 bits per heavy atom. The van der Waals surface area contributed by atoms with E-state index in [1.165, 1.54) is 0 Å². The Balaban J connectivity index is 0.000000339. The molecule has 340 valence electrons. The van der Waals surface area contributed by atoms with Crippen molar-refractivity contribution >= 4 is 79.9 Å². The molecule has 0 aliphatic heterocycles. The van der Waals surface area contributed by atoms with Crippen LogP contribution in [0.15, 0.2) is 54.6 Å². The molecule has 0 bridgehead atoms. The second kappa shape index (κ2) is 23.4. The number of methoxy groups -OCH3 is 1. The van der Waals surface area contributed by atoms with Gasteiger partial charge in [0.2, 0.25) is 33.1 Å². The van der Waals surface area contributed by atoms with Gasteiger partial charge < -0.3 is 25.0 Å². The summed E-state index contributed by atoms with van der Waals surface area (Å²) in [4.78, 5) is 48.2. The van der Waals surface area contributed by atoms with Crippen LogP contribution in [0.1, 0.15) is 68.6 Å². The van der Waals surface area contributed by atoms with Gasteiger partial charge in [-0.2, -0.15) is 28.1 Å². The first-order valence-electron chi connectivity index (χ1n) is 18.5. The number of benzene rings is 3. The van der Waals surface area contributed by atoms with Crippen LogP contribution in [0.4, 0.5) is 36.4 Å². The van der Waals surface area contributed by atoms with Gasteiger partial charge in [0, 0.05) is 31.3 Å². The van der Waals surface area contributed by atoms with E-state index < -0.39 is 48.9 Å². The number of hydrogen-bond donors (Lipinski definition) is 3. The summed E-state index contributed by atoms with van der Waals surface area (Å²) in [6.07, 6.45) is -3.06. The Labute approximate surface area is 373 Å². The highest BCUT2D eigenvalue weighted by atomic mass is 35.5. The lowest BCUT2D eigenvalue weighted by atomic mass is 10.0. The van der Waals surface area contributed by atoms with Gasteiger partial charge in [-0.05, 0) is 95.0 Å². The number of nitro groups is 1. The first kappa shape index (κ1) is 53.1. The maximum absolute atomic E-state index is 12.7. The van der Waals surface area contributed by atoms with E-state index in [2.05, 4.69) is 38.6 Å². The molecular formula is C39H48Cl3F3N8O8S. The number of amides is 2. The van der Waals surface area contributed by atoms with E-state index in [4.69, 9.17) is 44.3 Å². The van der Waals surface area contributed by atoms with E-state index in [9.17, 15) is 41.3 Å². The predicted molar refractivity (Wildman–Crippen MR) is 234 cm³/mol. The van der Waals surface area contributed by atoms with Crippen molar-refractivity contribution < 1.29 is 45.6 Å². The van der Waals surface area contributed by atoms with Gasteiger partial charge in [0.05, 0.1) is 40.1 Å². The molecule has 4 rings (SSSR count). The molecule has 0 saturated heterocycles.